The first-order valence-corrected chi connectivity index (χ1v) is 5.92. The fourth-order valence-corrected chi connectivity index (χ4v) is 1.76. The third kappa shape index (κ3) is 3.11. The van der Waals surface area contributed by atoms with E-state index in [1.807, 2.05) is 0 Å². The first-order valence-electron chi connectivity index (χ1n) is 5.54. The molecule has 0 atom stereocenters. The van der Waals surface area contributed by atoms with E-state index in [1.165, 1.54) is 12.1 Å². The van der Waals surface area contributed by atoms with Crippen molar-refractivity contribution in [1.82, 2.24) is 0 Å². The van der Waals surface area contributed by atoms with Crippen molar-refractivity contribution < 1.29 is 22.7 Å². The van der Waals surface area contributed by atoms with Gasteiger partial charge in [-0.05, 0) is 30.3 Å². The lowest BCUT2D eigenvalue weighted by atomic mass is 10.1. The molecule has 2 aromatic carbocycles. The molecule has 2 nitrogen and oxygen atoms in total. The third-order valence-electron chi connectivity index (χ3n) is 2.50. The van der Waals surface area contributed by atoms with Gasteiger partial charge in [-0.1, -0.05) is 17.7 Å². The Morgan fingerprint density at radius 2 is 1.85 bits per heavy atom. The number of halogens is 4. The molecule has 104 valence electrons. The number of carbonyl (C=O) groups excluding carboxylic acids is 1. The molecule has 0 aliphatic carbocycles. The number of Topliss-reactive ketones (excluding diaryl/α,β-unsaturated/α-hetero) is 1. The SMILES string of the molecule is O=C(COc1c(F)cccc1Cl)c1cc(F)ccc1F. The summed E-state index contributed by atoms with van der Waals surface area (Å²) < 4.78 is 44.6. The van der Waals surface area contributed by atoms with Crippen molar-refractivity contribution in [3.05, 3.63) is 64.4 Å². The number of benzene rings is 2. The third-order valence-corrected chi connectivity index (χ3v) is 2.79. The van der Waals surface area contributed by atoms with Crippen molar-refractivity contribution in [2.75, 3.05) is 6.61 Å². The molecular formula is C14H8ClF3O2. The molecule has 2 rings (SSSR count). The summed E-state index contributed by atoms with van der Waals surface area (Å²) in [5.41, 5.74) is -0.461. The molecule has 2 aromatic rings. The van der Waals surface area contributed by atoms with Crippen LogP contribution < -0.4 is 4.74 Å². The Labute approximate surface area is 117 Å². The first kappa shape index (κ1) is 14.4. The van der Waals surface area contributed by atoms with E-state index in [1.54, 1.807) is 0 Å². The van der Waals surface area contributed by atoms with Gasteiger partial charge in [0.15, 0.2) is 18.2 Å². The zero-order chi connectivity index (χ0) is 14.7. The van der Waals surface area contributed by atoms with Crippen LogP contribution >= 0.6 is 11.6 Å². The van der Waals surface area contributed by atoms with Gasteiger partial charge in [0.05, 0.1) is 10.6 Å². The van der Waals surface area contributed by atoms with Gasteiger partial charge in [0.25, 0.3) is 0 Å². The van der Waals surface area contributed by atoms with Crippen molar-refractivity contribution >= 4 is 17.4 Å². The number of rotatable bonds is 4. The minimum Gasteiger partial charge on any atom is -0.481 e. The summed E-state index contributed by atoms with van der Waals surface area (Å²) in [6.07, 6.45) is 0. The van der Waals surface area contributed by atoms with E-state index >= 15 is 0 Å². The molecule has 0 bridgehead atoms. The van der Waals surface area contributed by atoms with Gasteiger partial charge in [-0.15, -0.1) is 0 Å². The maximum atomic E-state index is 13.4. The normalized spacial score (nSPS) is 10.4. The smallest absolute Gasteiger partial charge is 0.203 e. The highest BCUT2D eigenvalue weighted by atomic mass is 35.5. The fraction of sp³-hybridized carbons (Fsp3) is 0.0714. The summed E-state index contributed by atoms with van der Waals surface area (Å²) in [5.74, 6) is -3.50. The molecule has 0 aliphatic heterocycles. The molecule has 0 heterocycles. The van der Waals surface area contributed by atoms with E-state index < -0.39 is 35.4 Å². The van der Waals surface area contributed by atoms with E-state index in [-0.39, 0.29) is 10.8 Å². The van der Waals surface area contributed by atoms with E-state index in [4.69, 9.17) is 16.3 Å². The summed E-state index contributed by atoms with van der Waals surface area (Å²) in [6.45, 7) is -0.652. The summed E-state index contributed by atoms with van der Waals surface area (Å²) in [5, 5.41) is -0.0162. The molecule has 0 fully saturated rings. The minimum atomic E-state index is -0.875. The lowest BCUT2D eigenvalue weighted by Gasteiger charge is -2.08. The molecule has 20 heavy (non-hydrogen) atoms. The van der Waals surface area contributed by atoms with Crippen LogP contribution in [0.2, 0.25) is 5.02 Å². The summed E-state index contributed by atoms with van der Waals surface area (Å²) >= 11 is 5.71. The second-order valence-corrected chi connectivity index (χ2v) is 4.29. The maximum absolute atomic E-state index is 13.4. The lowest BCUT2D eigenvalue weighted by molar-refractivity contribution is 0.0914. The van der Waals surface area contributed by atoms with Crippen LogP contribution in [0.3, 0.4) is 0 Å². The molecule has 0 N–H and O–H groups in total. The number of carbonyl (C=O) groups is 1. The molecule has 0 saturated heterocycles. The van der Waals surface area contributed by atoms with Gasteiger partial charge < -0.3 is 4.74 Å². The second-order valence-electron chi connectivity index (χ2n) is 3.89. The fourth-order valence-electron chi connectivity index (χ4n) is 1.55. The molecule has 0 saturated carbocycles. The Bertz CT molecular complexity index is 639. The molecule has 0 amide bonds. The van der Waals surface area contributed by atoms with Gasteiger partial charge in [0, 0.05) is 0 Å². The lowest BCUT2D eigenvalue weighted by Crippen LogP contribution is -2.14. The zero-order valence-corrected chi connectivity index (χ0v) is 10.8. The van der Waals surface area contributed by atoms with Crippen LogP contribution in [-0.4, -0.2) is 12.4 Å². The Balaban J connectivity index is 2.15. The average Bonchev–Trinajstić information content (AvgIpc) is 2.40. The largest absolute Gasteiger partial charge is 0.481 e. The van der Waals surface area contributed by atoms with Crippen molar-refractivity contribution in [2.24, 2.45) is 0 Å². The minimum absolute atomic E-state index is 0.0162. The molecule has 0 aromatic heterocycles. The topological polar surface area (TPSA) is 26.3 Å². The number of ether oxygens (including phenoxy) is 1. The van der Waals surface area contributed by atoms with E-state index in [0.717, 1.165) is 24.3 Å². The summed E-state index contributed by atoms with van der Waals surface area (Å²) in [7, 11) is 0. The Hall–Kier alpha value is -2.01. The van der Waals surface area contributed by atoms with Crippen LogP contribution in [0.25, 0.3) is 0 Å². The Kier molecular flexibility index (Phi) is 4.29. The van der Waals surface area contributed by atoms with Crippen molar-refractivity contribution in [3.63, 3.8) is 0 Å². The number of ketones is 1. The van der Waals surface area contributed by atoms with Crippen LogP contribution in [0.5, 0.6) is 5.75 Å². The first-order chi connectivity index (χ1) is 9.49. The molecular weight excluding hydrogens is 293 g/mol. The molecule has 0 spiro atoms. The van der Waals surface area contributed by atoms with Crippen LogP contribution in [0, 0.1) is 17.5 Å². The summed E-state index contributed by atoms with van der Waals surface area (Å²) in [6, 6.07) is 6.34. The molecule has 0 unspecified atom stereocenters. The monoisotopic (exact) mass is 300 g/mol. The maximum Gasteiger partial charge on any atom is 0.203 e. The van der Waals surface area contributed by atoms with Gasteiger partial charge in [0.2, 0.25) is 5.78 Å². The predicted molar refractivity (Wildman–Crippen MR) is 67.6 cm³/mol. The van der Waals surface area contributed by atoms with Crippen LogP contribution in [0.4, 0.5) is 13.2 Å². The van der Waals surface area contributed by atoms with Crippen LogP contribution in [-0.2, 0) is 0 Å². The van der Waals surface area contributed by atoms with E-state index in [2.05, 4.69) is 0 Å². The van der Waals surface area contributed by atoms with Crippen molar-refractivity contribution in [3.8, 4) is 5.75 Å². The van der Waals surface area contributed by atoms with Crippen LogP contribution in [0.15, 0.2) is 36.4 Å². The van der Waals surface area contributed by atoms with Crippen LogP contribution in [0.1, 0.15) is 10.4 Å². The average molecular weight is 301 g/mol. The highest BCUT2D eigenvalue weighted by Gasteiger charge is 2.16. The molecule has 6 heteroatoms. The highest BCUT2D eigenvalue weighted by Crippen LogP contribution is 2.27. The standard InChI is InChI=1S/C14H8ClF3O2/c15-10-2-1-3-12(18)14(10)20-7-13(19)9-6-8(16)4-5-11(9)17/h1-6H,7H2. The molecule has 0 aliphatic rings. The van der Waals surface area contributed by atoms with E-state index in [9.17, 15) is 18.0 Å². The van der Waals surface area contributed by atoms with Gasteiger partial charge in [-0.3, -0.25) is 4.79 Å². The predicted octanol–water partition coefficient (Wildman–Crippen LogP) is 4.02. The van der Waals surface area contributed by atoms with Gasteiger partial charge in [-0.25, -0.2) is 13.2 Å². The summed E-state index contributed by atoms with van der Waals surface area (Å²) in [4.78, 5) is 11.7. The van der Waals surface area contributed by atoms with Gasteiger partial charge >= 0.3 is 0 Å². The second kappa shape index (κ2) is 5.96. The number of hydrogen-bond donors (Lipinski definition) is 0. The molecule has 0 radical (unpaired) electrons. The van der Waals surface area contributed by atoms with Gasteiger partial charge in [0.1, 0.15) is 11.6 Å². The van der Waals surface area contributed by atoms with Gasteiger partial charge in [-0.2, -0.15) is 0 Å². The number of hydrogen-bond acceptors (Lipinski definition) is 2. The van der Waals surface area contributed by atoms with Crippen molar-refractivity contribution in [2.45, 2.75) is 0 Å². The number of para-hydroxylation sites is 1. The Morgan fingerprint density at radius 1 is 1.10 bits per heavy atom. The zero-order valence-electron chi connectivity index (χ0n) is 10.00. The van der Waals surface area contributed by atoms with Crippen molar-refractivity contribution in [1.29, 1.82) is 0 Å². The van der Waals surface area contributed by atoms with E-state index in [0.29, 0.717) is 0 Å². The quantitative estimate of drug-likeness (QED) is 0.797. The highest BCUT2D eigenvalue weighted by molar-refractivity contribution is 6.32. The Morgan fingerprint density at radius 3 is 2.55 bits per heavy atom.